The van der Waals surface area contributed by atoms with Gasteiger partial charge in [-0.05, 0) is 52.9 Å². The number of carbonyl (C=O) groups excluding carboxylic acids is 1. The van der Waals surface area contributed by atoms with Crippen molar-refractivity contribution in [1.29, 1.82) is 0 Å². The lowest BCUT2D eigenvalue weighted by molar-refractivity contribution is -0.0893. The van der Waals surface area contributed by atoms with Gasteiger partial charge in [0.25, 0.3) is 10.1 Å². The van der Waals surface area contributed by atoms with E-state index in [2.05, 4.69) is 19.1 Å². The predicted octanol–water partition coefficient (Wildman–Crippen LogP) is 7.25. The van der Waals surface area contributed by atoms with Crippen molar-refractivity contribution >= 4 is 16.2 Å². The van der Waals surface area contributed by atoms with Crippen LogP contribution >= 0.6 is 0 Å². The molecule has 0 radical (unpaired) electrons. The lowest BCUT2D eigenvalue weighted by Crippen LogP contribution is -2.63. The molecule has 0 aliphatic carbocycles. The molecule has 1 saturated heterocycles. The quantitative estimate of drug-likeness (QED) is 0.0858. The fraction of sp³-hybridized carbons (Fsp3) is 0.897. The third-order valence-corrected chi connectivity index (χ3v) is 7.04. The highest BCUT2D eigenvalue weighted by molar-refractivity contribution is 7.85. The van der Waals surface area contributed by atoms with E-state index in [9.17, 15) is 13.2 Å². The van der Waals surface area contributed by atoms with Gasteiger partial charge in [-0.3, -0.25) is 4.18 Å². The molecular formula is C29H55NO6S. The van der Waals surface area contributed by atoms with Crippen molar-refractivity contribution in [1.82, 2.24) is 4.90 Å². The fourth-order valence-corrected chi connectivity index (χ4v) is 4.88. The molecule has 0 spiro atoms. The van der Waals surface area contributed by atoms with Crippen molar-refractivity contribution in [3.8, 4) is 0 Å². The molecule has 0 unspecified atom stereocenters. The van der Waals surface area contributed by atoms with Crippen molar-refractivity contribution < 1.29 is 26.9 Å². The summed E-state index contributed by atoms with van der Waals surface area (Å²) in [6.45, 7) is 9.47. The van der Waals surface area contributed by atoms with E-state index in [1.165, 1.54) is 77.0 Å². The molecule has 218 valence electrons. The third kappa shape index (κ3) is 17.9. The van der Waals surface area contributed by atoms with E-state index in [1.54, 1.807) is 4.90 Å². The van der Waals surface area contributed by atoms with Crippen LogP contribution in [0.3, 0.4) is 0 Å². The van der Waals surface area contributed by atoms with Crippen molar-refractivity contribution in [3.63, 3.8) is 0 Å². The second-order valence-corrected chi connectivity index (χ2v) is 13.4. The minimum atomic E-state index is -3.56. The Bertz CT molecular complexity index is 738. The molecule has 0 bridgehead atoms. The van der Waals surface area contributed by atoms with Crippen LogP contribution in [0, 0.1) is 5.41 Å². The van der Waals surface area contributed by atoms with Gasteiger partial charge in [-0.1, -0.05) is 76.9 Å². The highest BCUT2D eigenvalue weighted by Crippen LogP contribution is 2.33. The Morgan fingerprint density at radius 3 is 1.86 bits per heavy atom. The number of likely N-dealkylation sites (tertiary alicyclic amines) is 1. The lowest BCUT2D eigenvalue weighted by atomic mass is 9.82. The van der Waals surface area contributed by atoms with Crippen LogP contribution in [0.15, 0.2) is 12.2 Å². The van der Waals surface area contributed by atoms with Gasteiger partial charge in [0.2, 0.25) is 0 Å². The summed E-state index contributed by atoms with van der Waals surface area (Å²) in [7, 11) is -3.56. The van der Waals surface area contributed by atoms with E-state index in [1.807, 2.05) is 20.8 Å². The molecule has 1 heterocycles. The van der Waals surface area contributed by atoms with Gasteiger partial charge in [-0.2, -0.15) is 8.42 Å². The summed E-state index contributed by atoms with van der Waals surface area (Å²) in [5.74, 6) is 0. The van der Waals surface area contributed by atoms with Crippen LogP contribution in [-0.2, 0) is 23.8 Å². The number of amides is 1. The Morgan fingerprint density at radius 2 is 1.35 bits per heavy atom. The number of rotatable bonds is 21. The minimum Gasteiger partial charge on any atom is -0.444 e. The van der Waals surface area contributed by atoms with Crippen LogP contribution in [-0.4, -0.2) is 64.2 Å². The third-order valence-electron chi connectivity index (χ3n) is 6.49. The molecule has 1 rings (SSSR count). The Kier molecular flexibility index (Phi) is 16.7. The number of unbranched alkanes of at least 4 members (excludes halogenated alkanes) is 12. The van der Waals surface area contributed by atoms with Gasteiger partial charge in [-0.15, -0.1) is 0 Å². The van der Waals surface area contributed by atoms with Crippen LogP contribution < -0.4 is 0 Å². The molecule has 1 fully saturated rings. The fourth-order valence-electron chi connectivity index (χ4n) is 4.42. The van der Waals surface area contributed by atoms with E-state index < -0.39 is 27.2 Å². The SMILES string of the molecule is CCCCCCCC/C=C\CCCCCCCCOCC1(COS(C)(=O)=O)CN(C(=O)OC(C)(C)C)C1. The summed E-state index contributed by atoms with van der Waals surface area (Å²) >= 11 is 0. The monoisotopic (exact) mass is 545 g/mol. The molecular weight excluding hydrogens is 490 g/mol. The van der Waals surface area contributed by atoms with Gasteiger partial charge in [0.1, 0.15) is 5.60 Å². The van der Waals surface area contributed by atoms with E-state index in [-0.39, 0.29) is 6.61 Å². The number of carbonyl (C=O) groups is 1. The zero-order chi connectivity index (χ0) is 27.6. The largest absolute Gasteiger partial charge is 0.444 e. The first-order valence-corrected chi connectivity index (χ1v) is 16.3. The van der Waals surface area contributed by atoms with E-state index in [4.69, 9.17) is 13.7 Å². The van der Waals surface area contributed by atoms with E-state index >= 15 is 0 Å². The standard InChI is InChI=1S/C29H55NO6S/c1-6-7-8-9-10-11-12-13-14-15-16-17-18-19-20-21-22-34-25-29(26-35-37(5,32)33)23-30(24-29)27(31)36-28(2,3)4/h13-14H,6-12,15-26H2,1-5H3/b14-13-. The maximum Gasteiger partial charge on any atom is 0.410 e. The van der Waals surface area contributed by atoms with Gasteiger partial charge in [0.15, 0.2) is 0 Å². The summed E-state index contributed by atoms with van der Waals surface area (Å²) in [5, 5.41) is 0. The summed E-state index contributed by atoms with van der Waals surface area (Å²) < 4.78 is 39.3. The summed E-state index contributed by atoms with van der Waals surface area (Å²) in [6.07, 6.45) is 23.1. The van der Waals surface area contributed by atoms with Crippen molar-refractivity contribution in [2.24, 2.45) is 5.41 Å². The zero-order valence-corrected chi connectivity index (χ0v) is 25.2. The average Bonchev–Trinajstić information content (AvgIpc) is 2.77. The van der Waals surface area contributed by atoms with Crippen molar-refractivity contribution in [3.05, 3.63) is 12.2 Å². The predicted molar refractivity (Wildman–Crippen MR) is 151 cm³/mol. The van der Waals surface area contributed by atoms with E-state index in [0.29, 0.717) is 26.3 Å². The number of hydrogen-bond donors (Lipinski definition) is 0. The molecule has 0 aromatic carbocycles. The second kappa shape index (κ2) is 18.2. The van der Waals surface area contributed by atoms with Gasteiger partial charge in [-0.25, -0.2) is 4.79 Å². The maximum absolute atomic E-state index is 12.3. The van der Waals surface area contributed by atoms with Crippen LogP contribution in [0.4, 0.5) is 4.79 Å². The Balaban J connectivity index is 2.10. The van der Waals surface area contributed by atoms with Crippen LogP contribution in [0.25, 0.3) is 0 Å². The first-order chi connectivity index (χ1) is 17.5. The molecule has 0 aromatic heterocycles. The first-order valence-electron chi connectivity index (χ1n) is 14.5. The summed E-state index contributed by atoms with van der Waals surface area (Å²) in [6, 6.07) is 0. The highest BCUT2D eigenvalue weighted by atomic mass is 32.2. The molecule has 1 aliphatic heterocycles. The zero-order valence-electron chi connectivity index (χ0n) is 24.4. The molecule has 1 amide bonds. The Labute approximate surface area is 227 Å². The number of nitrogens with zero attached hydrogens (tertiary/aromatic N) is 1. The normalized spacial score (nSPS) is 15.8. The topological polar surface area (TPSA) is 82.1 Å². The molecule has 0 N–H and O–H groups in total. The maximum atomic E-state index is 12.3. The average molecular weight is 546 g/mol. The Morgan fingerprint density at radius 1 is 0.838 bits per heavy atom. The first kappa shape index (κ1) is 33.9. The van der Waals surface area contributed by atoms with E-state index in [0.717, 1.165) is 19.1 Å². The molecule has 7 nitrogen and oxygen atoms in total. The van der Waals surface area contributed by atoms with Crippen molar-refractivity contribution in [2.45, 2.75) is 123 Å². The number of hydrogen-bond acceptors (Lipinski definition) is 6. The number of ether oxygens (including phenoxy) is 2. The minimum absolute atomic E-state index is 0.0124. The van der Waals surface area contributed by atoms with Crippen molar-refractivity contribution in [2.75, 3.05) is 39.2 Å². The molecule has 1 aliphatic rings. The second-order valence-electron chi connectivity index (χ2n) is 11.8. The van der Waals surface area contributed by atoms with Gasteiger partial charge in [0, 0.05) is 19.7 Å². The van der Waals surface area contributed by atoms with Gasteiger partial charge in [0.05, 0.1) is 24.9 Å². The number of allylic oxidation sites excluding steroid dienone is 2. The summed E-state index contributed by atoms with van der Waals surface area (Å²) in [5.41, 5.74) is -1.08. The molecule has 0 saturated carbocycles. The molecule has 8 heteroatoms. The van der Waals surface area contributed by atoms with Gasteiger partial charge >= 0.3 is 6.09 Å². The smallest absolute Gasteiger partial charge is 0.410 e. The van der Waals surface area contributed by atoms with Crippen LogP contribution in [0.1, 0.15) is 118 Å². The molecule has 0 aromatic rings. The molecule has 0 atom stereocenters. The lowest BCUT2D eigenvalue weighted by Gasteiger charge is -2.49. The van der Waals surface area contributed by atoms with Gasteiger partial charge < -0.3 is 14.4 Å². The van der Waals surface area contributed by atoms with Crippen LogP contribution in [0.5, 0.6) is 0 Å². The summed E-state index contributed by atoms with van der Waals surface area (Å²) in [4.78, 5) is 13.8. The Hall–Kier alpha value is -1.12. The molecule has 37 heavy (non-hydrogen) atoms. The van der Waals surface area contributed by atoms with Crippen LogP contribution in [0.2, 0.25) is 0 Å². The highest BCUT2D eigenvalue weighted by Gasteiger charge is 2.47.